The summed E-state index contributed by atoms with van der Waals surface area (Å²) in [4.78, 5) is 20.3. The molecule has 0 aromatic heterocycles. The summed E-state index contributed by atoms with van der Waals surface area (Å²) < 4.78 is 11.6. The Morgan fingerprint density at radius 3 is 2.19 bits per heavy atom. The lowest BCUT2D eigenvalue weighted by Crippen LogP contribution is -2.28. The Bertz CT molecular complexity index is 1160. The van der Waals surface area contributed by atoms with Crippen molar-refractivity contribution >= 4 is 56.2 Å². The molecule has 0 radical (unpaired) electrons. The van der Waals surface area contributed by atoms with Gasteiger partial charge in [-0.25, -0.2) is 4.99 Å². The first-order valence-corrected chi connectivity index (χ1v) is 11.1. The fourth-order valence-corrected chi connectivity index (χ4v) is 4.52. The van der Waals surface area contributed by atoms with Crippen molar-refractivity contribution in [3.63, 3.8) is 0 Å². The average molecular weight is 495 g/mol. The van der Waals surface area contributed by atoms with Crippen molar-refractivity contribution in [1.29, 1.82) is 0 Å². The van der Waals surface area contributed by atoms with Gasteiger partial charge in [-0.3, -0.25) is 9.69 Å². The van der Waals surface area contributed by atoms with Crippen molar-refractivity contribution in [3.05, 3.63) is 87.7 Å². The molecule has 7 heteroatoms. The number of thioether (sulfide) groups is 1. The third-order valence-corrected chi connectivity index (χ3v) is 6.25. The van der Waals surface area contributed by atoms with Gasteiger partial charge in [0, 0.05) is 4.47 Å². The first-order valence-electron chi connectivity index (χ1n) is 9.45. The van der Waals surface area contributed by atoms with Gasteiger partial charge in [0.05, 0.1) is 30.5 Å². The number of carbonyl (C=O) groups is 1. The number of aliphatic imine (C=N–C) groups is 1. The molecule has 1 aliphatic rings. The van der Waals surface area contributed by atoms with Crippen LogP contribution in [0.2, 0.25) is 0 Å². The number of ether oxygens (including phenoxy) is 2. The Kier molecular flexibility index (Phi) is 6.44. The molecule has 0 saturated carbocycles. The minimum absolute atomic E-state index is 0.132. The van der Waals surface area contributed by atoms with Gasteiger partial charge in [0.1, 0.15) is 0 Å². The lowest BCUT2D eigenvalue weighted by atomic mass is 10.1. The van der Waals surface area contributed by atoms with E-state index in [2.05, 4.69) is 15.9 Å². The number of amides is 1. The molecule has 1 fully saturated rings. The molecule has 5 nitrogen and oxygen atoms in total. The van der Waals surface area contributed by atoms with Crippen LogP contribution in [0.4, 0.5) is 11.4 Å². The van der Waals surface area contributed by atoms with Gasteiger partial charge in [-0.15, -0.1) is 0 Å². The maximum atomic E-state index is 13.4. The summed E-state index contributed by atoms with van der Waals surface area (Å²) in [5.74, 6) is 1.07. The van der Waals surface area contributed by atoms with Crippen molar-refractivity contribution in [2.75, 3.05) is 19.1 Å². The molecule has 156 valence electrons. The zero-order chi connectivity index (χ0) is 21.8. The second-order valence-electron chi connectivity index (χ2n) is 6.55. The molecule has 1 aliphatic heterocycles. The van der Waals surface area contributed by atoms with Crippen LogP contribution in [0, 0.1) is 0 Å². The fraction of sp³-hybridized carbons (Fsp3) is 0.0833. The summed E-state index contributed by atoms with van der Waals surface area (Å²) in [6.07, 6.45) is 1.84. The van der Waals surface area contributed by atoms with E-state index in [1.54, 1.807) is 19.1 Å². The lowest BCUT2D eigenvalue weighted by Gasteiger charge is -2.15. The summed E-state index contributed by atoms with van der Waals surface area (Å²) in [6.45, 7) is 0. The van der Waals surface area contributed by atoms with Crippen molar-refractivity contribution in [1.82, 2.24) is 0 Å². The summed E-state index contributed by atoms with van der Waals surface area (Å²) in [5, 5.41) is 0.602. The minimum Gasteiger partial charge on any atom is -0.493 e. The molecule has 0 atom stereocenters. The summed E-state index contributed by atoms with van der Waals surface area (Å²) in [5.41, 5.74) is 2.36. The zero-order valence-corrected chi connectivity index (χ0v) is 19.3. The Morgan fingerprint density at radius 2 is 1.55 bits per heavy atom. The summed E-state index contributed by atoms with van der Waals surface area (Å²) in [6, 6.07) is 22.8. The van der Waals surface area contributed by atoms with Crippen LogP contribution in [0.25, 0.3) is 6.08 Å². The molecule has 1 heterocycles. The Labute approximate surface area is 193 Å². The summed E-state index contributed by atoms with van der Waals surface area (Å²) >= 11 is 4.90. The van der Waals surface area contributed by atoms with Crippen LogP contribution >= 0.6 is 27.7 Å². The summed E-state index contributed by atoms with van der Waals surface area (Å²) in [7, 11) is 3.17. The Hall–Kier alpha value is -3.03. The van der Waals surface area contributed by atoms with Crippen LogP contribution in [0.5, 0.6) is 11.5 Å². The molecule has 3 aromatic carbocycles. The van der Waals surface area contributed by atoms with E-state index in [0.717, 1.165) is 21.4 Å². The highest BCUT2D eigenvalue weighted by atomic mass is 79.9. The number of methoxy groups -OCH3 is 2. The number of halogens is 1. The first-order chi connectivity index (χ1) is 15.1. The van der Waals surface area contributed by atoms with E-state index >= 15 is 0 Å². The predicted molar refractivity (Wildman–Crippen MR) is 130 cm³/mol. The van der Waals surface area contributed by atoms with Crippen molar-refractivity contribution < 1.29 is 14.3 Å². The highest BCUT2D eigenvalue weighted by Crippen LogP contribution is 2.40. The molecule has 4 rings (SSSR count). The third-order valence-electron chi connectivity index (χ3n) is 4.59. The molecule has 0 spiro atoms. The Morgan fingerprint density at radius 1 is 0.935 bits per heavy atom. The van der Waals surface area contributed by atoms with Crippen LogP contribution in [-0.4, -0.2) is 25.3 Å². The monoisotopic (exact) mass is 494 g/mol. The molecule has 31 heavy (non-hydrogen) atoms. The number of carbonyl (C=O) groups excluding carboxylic acids is 1. The SMILES string of the molecule is COc1cc(Br)c(C=C2SC(=Nc3ccccc3)N(c3ccccc3)C2=O)cc1OC. The third kappa shape index (κ3) is 4.52. The van der Waals surface area contributed by atoms with Crippen molar-refractivity contribution in [2.24, 2.45) is 4.99 Å². The van der Waals surface area contributed by atoms with E-state index in [-0.39, 0.29) is 5.91 Å². The average Bonchev–Trinajstić information content (AvgIpc) is 3.10. The number of anilines is 1. The standard InChI is InChI=1S/C24H19BrN2O3S/c1-29-20-13-16(19(25)15-21(20)30-2)14-22-23(28)27(18-11-7-4-8-12-18)24(31-22)26-17-9-5-3-6-10-17/h3-15H,1-2H3. The highest BCUT2D eigenvalue weighted by Gasteiger charge is 2.34. The largest absolute Gasteiger partial charge is 0.493 e. The number of benzene rings is 3. The Balaban J connectivity index is 1.78. The topological polar surface area (TPSA) is 51.1 Å². The van der Waals surface area contributed by atoms with Crippen LogP contribution in [0.3, 0.4) is 0 Å². The van der Waals surface area contributed by atoms with Gasteiger partial charge in [0.25, 0.3) is 5.91 Å². The van der Waals surface area contributed by atoms with Gasteiger partial charge < -0.3 is 9.47 Å². The molecule has 0 unspecified atom stereocenters. The van der Waals surface area contributed by atoms with E-state index < -0.39 is 0 Å². The number of para-hydroxylation sites is 2. The number of rotatable bonds is 5. The van der Waals surface area contributed by atoms with Crippen LogP contribution in [0.1, 0.15) is 5.56 Å². The van der Waals surface area contributed by atoms with E-state index in [1.807, 2.05) is 78.9 Å². The van der Waals surface area contributed by atoms with Gasteiger partial charge in [0.2, 0.25) is 0 Å². The van der Waals surface area contributed by atoms with Crippen LogP contribution in [0.15, 0.2) is 87.2 Å². The highest BCUT2D eigenvalue weighted by molar-refractivity contribution is 9.10. The smallest absolute Gasteiger partial charge is 0.271 e. The fourth-order valence-electron chi connectivity index (χ4n) is 3.09. The van der Waals surface area contributed by atoms with Gasteiger partial charge in [-0.2, -0.15) is 0 Å². The maximum Gasteiger partial charge on any atom is 0.271 e. The van der Waals surface area contributed by atoms with Crippen LogP contribution in [-0.2, 0) is 4.79 Å². The van der Waals surface area contributed by atoms with Crippen molar-refractivity contribution in [3.8, 4) is 11.5 Å². The zero-order valence-electron chi connectivity index (χ0n) is 16.9. The van der Waals surface area contributed by atoms with Gasteiger partial charge in [0.15, 0.2) is 16.7 Å². The second kappa shape index (κ2) is 9.41. The molecule has 1 saturated heterocycles. The molecular weight excluding hydrogens is 476 g/mol. The number of nitrogens with zero attached hydrogens (tertiary/aromatic N) is 2. The quantitative estimate of drug-likeness (QED) is 0.392. The minimum atomic E-state index is -0.132. The van der Waals surface area contributed by atoms with Crippen molar-refractivity contribution in [2.45, 2.75) is 0 Å². The first kappa shape index (κ1) is 21.2. The number of hydrogen-bond donors (Lipinski definition) is 0. The molecule has 0 aliphatic carbocycles. The number of hydrogen-bond acceptors (Lipinski definition) is 5. The van der Waals surface area contributed by atoms with Crippen LogP contribution < -0.4 is 14.4 Å². The van der Waals surface area contributed by atoms with E-state index in [1.165, 1.54) is 11.8 Å². The van der Waals surface area contributed by atoms with Gasteiger partial charge >= 0.3 is 0 Å². The van der Waals surface area contributed by atoms with Gasteiger partial charge in [-0.1, -0.05) is 52.3 Å². The van der Waals surface area contributed by atoms with E-state index in [9.17, 15) is 4.79 Å². The number of amidine groups is 1. The molecule has 1 amide bonds. The lowest BCUT2D eigenvalue weighted by molar-refractivity contribution is -0.113. The van der Waals surface area contributed by atoms with E-state index in [4.69, 9.17) is 14.5 Å². The molecule has 0 bridgehead atoms. The van der Waals surface area contributed by atoms with Gasteiger partial charge in [-0.05, 0) is 59.8 Å². The predicted octanol–water partition coefficient (Wildman–Crippen LogP) is 6.27. The second-order valence-corrected chi connectivity index (χ2v) is 8.41. The molecule has 3 aromatic rings. The van der Waals surface area contributed by atoms with E-state index in [0.29, 0.717) is 21.6 Å². The maximum absolute atomic E-state index is 13.4. The normalized spacial score (nSPS) is 16.2. The molecule has 0 N–H and O–H groups in total. The molecular formula is C24H19BrN2O3S.